The zero-order valence-corrected chi connectivity index (χ0v) is 9.33. The number of nitrogens with one attached hydrogen (secondary N) is 1. The summed E-state index contributed by atoms with van der Waals surface area (Å²) >= 11 is 6.06. The highest BCUT2D eigenvalue weighted by Gasteiger charge is 2.09. The maximum atomic E-state index is 6.06. The number of halogens is 1. The predicted molar refractivity (Wildman–Crippen MR) is 60.7 cm³/mol. The monoisotopic (exact) mass is 226 g/mol. The van der Waals surface area contributed by atoms with E-state index in [1.54, 1.807) is 0 Å². The van der Waals surface area contributed by atoms with Gasteiger partial charge in [-0.05, 0) is 11.6 Å². The van der Waals surface area contributed by atoms with E-state index in [4.69, 9.17) is 16.3 Å². The summed E-state index contributed by atoms with van der Waals surface area (Å²) in [6.45, 7) is 4.25. The molecule has 0 unspecified atom stereocenters. The Hall–Kier alpha value is -0.610. The normalized spacial score (nSPS) is 17.9. The van der Waals surface area contributed by atoms with Crippen LogP contribution in [0.1, 0.15) is 5.56 Å². The fourth-order valence-corrected chi connectivity index (χ4v) is 1.76. The zero-order chi connectivity index (χ0) is 10.5. The van der Waals surface area contributed by atoms with Gasteiger partial charge in [0.15, 0.2) is 0 Å². The van der Waals surface area contributed by atoms with E-state index in [0.717, 1.165) is 43.4 Å². The molecule has 1 heterocycles. The van der Waals surface area contributed by atoms with E-state index in [2.05, 4.69) is 10.4 Å². The van der Waals surface area contributed by atoms with Gasteiger partial charge in [0, 0.05) is 24.7 Å². The Morgan fingerprint density at radius 2 is 2.00 bits per heavy atom. The number of hydrogen-bond acceptors (Lipinski definition) is 3. The number of rotatable bonds is 3. The van der Waals surface area contributed by atoms with E-state index >= 15 is 0 Å². The van der Waals surface area contributed by atoms with Crippen molar-refractivity contribution in [2.75, 3.05) is 26.3 Å². The molecule has 82 valence electrons. The first-order valence-corrected chi connectivity index (χ1v) is 5.53. The number of hydrogen-bond donors (Lipinski definition) is 1. The fourth-order valence-electron chi connectivity index (χ4n) is 1.56. The molecule has 0 aromatic heterocycles. The van der Waals surface area contributed by atoms with Crippen molar-refractivity contribution in [2.45, 2.75) is 6.54 Å². The van der Waals surface area contributed by atoms with Crippen molar-refractivity contribution in [3.63, 3.8) is 0 Å². The lowest BCUT2D eigenvalue weighted by Gasteiger charge is -2.27. The first kappa shape index (κ1) is 10.9. The zero-order valence-electron chi connectivity index (χ0n) is 8.58. The molecule has 0 saturated carbocycles. The van der Waals surface area contributed by atoms with E-state index in [0.29, 0.717) is 0 Å². The molecule has 1 N–H and O–H groups in total. The third kappa shape index (κ3) is 3.18. The van der Waals surface area contributed by atoms with Crippen LogP contribution in [0.4, 0.5) is 0 Å². The molecule has 0 spiro atoms. The molecule has 0 aliphatic carbocycles. The Bertz CT molecular complexity index is 313. The summed E-state index contributed by atoms with van der Waals surface area (Å²) in [5.74, 6) is 0. The molecule has 1 aliphatic heterocycles. The largest absolute Gasteiger partial charge is 0.379 e. The van der Waals surface area contributed by atoms with Gasteiger partial charge in [0.05, 0.1) is 13.2 Å². The maximum absolute atomic E-state index is 6.06. The van der Waals surface area contributed by atoms with Crippen molar-refractivity contribution in [1.29, 1.82) is 0 Å². The first-order chi connectivity index (χ1) is 7.36. The first-order valence-electron chi connectivity index (χ1n) is 5.16. The van der Waals surface area contributed by atoms with Crippen LogP contribution < -0.4 is 5.43 Å². The predicted octanol–water partition coefficient (Wildman–Crippen LogP) is 1.68. The molecule has 1 aromatic rings. The second-order valence-electron chi connectivity index (χ2n) is 3.53. The van der Waals surface area contributed by atoms with Gasteiger partial charge in [-0.25, -0.2) is 5.01 Å². The summed E-state index contributed by atoms with van der Waals surface area (Å²) in [4.78, 5) is 0. The van der Waals surface area contributed by atoms with Gasteiger partial charge >= 0.3 is 0 Å². The highest BCUT2D eigenvalue weighted by Crippen LogP contribution is 2.14. The SMILES string of the molecule is Clc1ccccc1CNN1CCOCC1. The minimum absolute atomic E-state index is 0.777. The molecule has 0 bridgehead atoms. The number of hydrazine groups is 1. The van der Waals surface area contributed by atoms with Crippen molar-refractivity contribution in [3.8, 4) is 0 Å². The van der Waals surface area contributed by atoms with Gasteiger partial charge in [-0.15, -0.1) is 0 Å². The van der Waals surface area contributed by atoms with Crippen LogP contribution in [0, 0.1) is 0 Å². The highest BCUT2D eigenvalue weighted by molar-refractivity contribution is 6.31. The standard InChI is InChI=1S/C11H15ClN2O/c12-11-4-2-1-3-10(11)9-13-14-5-7-15-8-6-14/h1-4,13H,5-9H2. The Morgan fingerprint density at radius 3 is 2.73 bits per heavy atom. The molecule has 4 heteroatoms. The molecule has 0 radical (unpaired) electrons. The lowest BCUT2D eigenvalue weighted by atomic mass is 10.2. The van der Waals surface area contributed by atoms with Gasteiger partial charge in [0.25, 0.3) is 0 Å². The quantitative estimate of drug-likeness (QED) is 0.849. The molecule has 0 amide bonds. The third-order valence-electron chi connectivity index (χ3n) is 2.46. The molecule has 1 saturated heterocycles. The van der Waals surface area contributed by atoms with Gasteiger partial charge in [0.1, 0.15) is 0 Å². The molecule has 0 atom stereocenters. The third-order valence-corrected chi connectivity index (χ3v) is 2.83. The van der Waals surface area contributed by atoms with Gasteiger partial charge < -0.3 is 4.74 Å². The summed E-state index contributed by atoms with van der Waals surface area (Å²) in [5, 5.41) is 2.99. The molecular formula is C11H15ClN2O. The Kier molecular flexibility index (Phi) is 3.97. The van der Waals surface area contributed by atoms with Crippen LogP contribution in [-0.4, -0.2) is 31.3 Å². The van der Waals surface area contributed by atoms with E-state index in [9.17, 15) is 0 Å². The van der Waals surface area contributed by atoms with Crippen molar-refractivity contribution in [3.05, 3.63) is 34.9 Å². The number of nitrogens with zero attached hydrogens (tertiary/aromatic N) is 1. The van der Waals surface area contributed by atoms with Crippen LogP contribution >= 0.6 is 11.6 Å². The Balaban J connectivity index is 1.84. The Labute approximate surface area is 94.9 Å². The second kappa shape index (κ2) is 5.47. The van der Waals surface area contributed by atoms with Crippen molar-refractivity contribution < 1.29 is 4.74 Å². The molecule has 1 fully saturated rings. The lowest BCUT2D eigenvalue weighted by molar-refractivity contribution is 0.0106. The molecule has 15 heavy (non-hydrogen) atoms. The van der Waals surface area contributed by atoms with Crippen LogP contribution in [0.5, 0.6) is 0 Å². The lowest BCUT2D eigenvalue weighted by Crippen LogP contribution is -2.45. The summed E-state index contributed by atoms with van der Waals surface area (Å²) in [6, 6.07) is 7.90. The molecule has 2 rings (SSSR count). The average Bonchev–Trinajstić information content (AvgIpc) is 2.29. The van der Waals surface area contributed by atoms with Crippen molar-refractivity contribution >= 4 is 11.6 Å². The van der Waals surface area contributed by atoms with Gasteiger partial charge in [-0.1, -0.05) is 29.8 Å². The van der Waals surface area contributed by atoms with Crippen LogP contribution in [0.15, 0.2) is 24.3 Å². The average molecular weight is 227 g/mol. The topological polar surface area (TPSA) is 24.5 Å². The highest BCUT2D eigenvalue weighted by atomic mass is 35.5. The molecule has 3 nitrogen and oxygen atoms in total. The van der Waals surface area contributed by atoms with Gasteiger partial charge in [-0.2, -0.15) is 0 Å². The summed E-state index contributed by atoms with van der Waals surface area (Å²) in [7, 11) is 0. The number of benzene rings is 1. The fraction of sp³-hybridized carbons (Fsp3) is 0.455. The summed E-state index contributed by atoms with van der Waals surface area (Å²) in [6.07, 6.45) is 0. The van der Waals surface area contributed by atoms with Crippen molar-refractivity contribution in [2.24, 2.45) is 0 Å². The minimum atomic E-state index is 0.777. The van der Waals surface area contributed by atoms with Gasteiger partial charge in [-0.3, -0.25) is 5.43 Å². The summed E-state index contributed by atoms with van der Waals surface area (Å²) in [5.41, 5.74) is 4.48. The number of morpholine rings is 1. The Morgan fingerprint density at radius 1 is 1.27 bits per heavy atom. The van der Waals surface area contributed by atoms with E-state index < -0.39 is 0 Å². The van der Waals surface area contributed by atoms with Crippen LogP contribution in [0.25, 0.3) is 0 Å². The smallest absolute Gasteiger partial charge is 0.0608 e. The van der Waals surface area contributed by atoms with Crippen LogP contribution in [-0.2, 0) is 11.3 Å². The van der Waals surface area contributed by atoms with Crippen LogP contribution in [0.2, 0.25) is 5.02 Å². The second-order valence-corrected chi connectivity index (χ2v) is 3.93. The van der Waals surface area contributed by atoms with Crippen molar-refractivity contribution in [1.82, 2.24) is 10.4 Å². The summed E-state index contributed by atoms with van der Waals surface area (Å²) < 4.78 is 5.27. The molecular weight excluding hydrogens is 212 g/mol. The van der Waals surface area contributed by atoms with E-state index in [1.165, 1.54) is 0 Å². The molecule has 1 aromatic carbocycles. The van der Waals surface area contributed by atoms with E-state index in [-0.39, 0.29) is 0 Å². The van der Waals surface area contributed by atoms with Crippen LogP contribution in [0.3, 0.4) is 0 Å². The minimum Gasteiger partial charge on any atom is -0.379 e. The maximum Gasteiger partial charge on any atom is 0.0608 e. The van der Waals surface area contributed by atoms with Gasteiger partial charge in [0.2, 0.25) is 0 Å². The molecule has 1 aliphatic rings. The van der Waals surface area contributed by atoms with E-state index in [1.807, 2.05) is 24.3 Å². The number of ether oxygens (including phenoxy) is 1.